The maximum absolute atomic E-state index is 11.4. The first-order chi connectivity index (χ1) is 8.97. The SMILES string of the molecule is O=C(O)/C=C/C(=O)Nc1ccc2c(c1)C(=O)NC2=O. The highest BCUT2D eigenvalue weighted by atomic mass is 16.4. The predicted octanol–water partition coefficient (Wildman–Crippen LogP) is 0.150. The van der Waals surface area contributed by atoms with Crippen molar-refractivity contribution in [3.05, 3.63) is 41.5 Å². The lowest BCUT2D eigenvalue weighted by atomic mass is 10.1. The highest BCUT2D eigenvalue weighted by molar-refractivity contribution is 6.22. The lowest BCUT2D eigenvalue weighted by Gasteiger charge is -2.03. The number of carboxylic acid groups (broad SMARTS) is 1. The molecule has 7 nitrogen and oxygen atoms in total. The summed E-state index contributed by atoms with van der Waals surface area (Å²) in [6.07, 6.45) is 1.54. The molecule has 2 rings (SSSR count). The van der Waals surface area contributed by atoms with Crippen LogP contribution in [-0.4, -0.2) is 28.8 Å². The van der Waals surface area contributed by atoms with E-state index in [4.69, 9.17) is 5.11 Å². The quantitative estimate of drug-likeness (QED) is 0.529. The zero-order valence-electron chi connectivity index (χ0n) is 9.47. The Morgan fingerprint density at radius 1 is 1.11 bits per heavy atom. The molecule has 3 amide bonds. The van der Waals surface area contributed by atoms with E-state index in [1.54, 1.807) is 0 Å². The van der Waals surface area contributed by atoms with Crippen molar-refractivity contribution in [3.63, 3.8) is 0 Å². The van der Waals surface area contributed by atoms with Crippen LogP contribution in [0.3, 0.4) is 0 Å². The minimum Gasteiger partial charge on any atom is -0.478 e. The number of carbonyl (C=O) groups is 4. The van der Waals surface area contributed by atoms with E-state index in [9.17, 15) is 19.2 Å². The topological polar surface area (TPSA) is 113 Å². The third kappa shape index (κ3) is 2.65. The zero-order chi connectivity index (χ0) is 14.0. The largest absolute Gasteiger partial charge is 0.478 e. The number of amides is 3. The summed E-state index contributed by atoms with van der Waals surface area (Å²) in [6, 6.07) is 4.21. The Hall–Kier alpha value is -2.96. The maximum Gasteiger partial charge on any atom is 0.328 e. The summed E-state index contributed by atoms with van der Waals surface area (Å²) >= 11 is 0. The molecule has 0 aliphatic carbocycles. The van der Waals surface area contributed by atoms with Gasteiger partial charge < -0.3 is 10.4 Å². The number of imide groups is 1. The average molecular weight is 260 g/mol. The summed E-state index contributed by atoms with van der Waals surface area (Å²) in [5, 5.41) is 12.9. The second-order valence-electron chi connectivity index (χ2n) is 3.70. The number of anilines is 1. The maximum atomic E-state index is 11.4. The van der Waals surface area contributed by atoms with Gasteiger partial charge in [0.25, 0.3) is 11.8 Å². The molecule has 0 spiro atoms. The molecule has 0 bridgehead atoms. The Morgan fingerprint density at radius 2 is 1.79 bits per heavy atom. The Balaban J connectivity index is 2.18. The summed E-state index contributed by atoms with van der Waals surface area (Å²) < 4.78 is 0. The Kier molecular flexibility index (Phi) is 3.11. The van der Waals surface area contributed by atoms with Gasteiger partial charge in [-0.1, -0.05) is 0 Å². The molecule has 0 radical (unpaired) electrons. The van der Waals surface area contributed by atoms with Crippen LogP contribution >= 0.6 is 0 Å². The summed E-state index contributed by atoms with van der Waals surface area (Å²) in [4.78, 5) is 44.2. The number of aliphatic carboxylic acids is 1. The molecular formula is C12H8N2O5. The lowest BCUT2D eigenvalue weighted by Crippen LogP contribution is -2.19. The Bertz CT molecular complexity index is 633. The highest BCUT2D eigenvalue weighted by Crippen LogP contribution is 2.20. The third-order valence-electron chi connectivity index (χ3n) is 2.38. The Labute approximate surface area is 106 Å². The van der Waals surface area contributed by atoms with Crippen molar-refractivity contribution < 1.29 is 24.3 Å². The smallest absolute Gasteiger partial charge is 0.328 e. The summed E-state index contributed by atoms with van der Waals surface area (Å²) in [7, 11) is 0. The predicted molar refractivity (Wildman–Crippen MR) is 63.6 cm³/mol. The van der Waals surface area contributed by atoms with Crippen LogP contribution < -0.4 is 10.6 Å². The monoisotopic (exact) mass is 260 g/mol. The second-order valence-corrected chi connectivity index (χ2v) is 3.70. The van der Waals surface area contributed by atoms with Crippen LogP contribution in [0.1, 0.15) is 20.7 Å². The van der Waals surface area contributed by atoms with Gasteiger partial charge in [-0.2, -0.15) is 0 Å². The molecule has 3 N–H and O–H groups in total. The van der Waals surface area contributed by atoms with Gasteiger partial charge in [0.1, 0.15) is 0 Å². The summed E-state index contributed by atoms with van der Waals surface area (Å²) in [5.41, 5.74) is 0.706. The number of hydrogen-bond donors (Lipinski definition) is 3. The van der Waals surface area contributed by atoms with Crippen LogP contribution in [0, 0.1) is 0 Å². The molecule has 1 aliphatic rings. The number of hydrogen-bond acceptors (Lipinski definition) is 4. The van der Waals surface area contributed by atoms with E-state index in [1.165, 1.54) is 18.2 Å². The van der Waals surface area contributed by atoms with E-state index < -0.39 is 23.7 Å². The fraction of sp³-hybridized carbons (Fsp3) is 0. The second kappa shape index (κ2) is 4.73. The van der Waals surface area contributed by atoms with Gasteiger partial charge in [0.15, 0.2) is 0 Å². The molecular weight excluding hydrogens is 252 g/mol. The lowest BCUT2D eigenvalue weighted by molar-refractivity contribution is -0.131. The van der Waals surface area contributed by atoms with Crippen molar-refractivity contribution in [2.45, 2.75) is 0 Å². The van der Waals surface area contributed by atoms with Crippen LogP contribution in [0.2, 0.25) is 0 Å². The van der Waals surface area contributed by atoms with Crippen molar-refractivity contribution in [1.82, 2.24) is 5.32 Å². The average Bonchev–Trinajstić information content (AvgIpc) is 2.62. The highest BCUT2D eigenvalue weighted by Gasteiger charge is 2.26. The molecule has 0 saturated carbocycles. The number of rotatable bonds is 3. The van der Waals surface area contributed by atoms with E-state index in [-0.39, 0.29) is 11.1 Å². The van der Waals surface area contributed by atoms with Crippen LogP contribution in [0.5, 0.6) is 0 Å². The minimum atomic E-state index is -1.24. The van der Waals surface area contributed by atoms with Crippen molar-refractivity contribution in [3.8, 4) is 0 Å². The standard InChI is InChI=1S/C12H8N2O5/c15-9(3-4-10(16)17)13-6-1-2-7-8(5-6)12(19)14-11(7)18/h1-5H,(H,13,15)(H,16,17)(H,14,18,19)/b4-3+. The fourth-order valence-electron chi connectivity index (χ4n) is 1.58. The van der Waals surface area contributed by atoms with E-state index in [1.807, 2.05) is 0 Å². The molecule has 0 aromatic heterocycles. The van der Waals surface area contributed by atoms with Crippen LogP contribution in [-0.2, 0) is 9.59 Å². The molecule has 0 unspecified atom stereocenters. The van der Waals surface area contributed by atoms with Crippen LogP contribution in [0.25, 0.3) is 0 Å². The molecule has 96 valence electrons. The van der Waals surface area contributed by atoms with Gasteiger partial charge in [-0.15, -0.1) is 0 Å². The first kappa shape index (κ1) is 12.5. The molecule has 0 fully saturated rings. The molecule has 1 heterocycles. The Morgan fingerprint density at radius 3 is 2.47 bits per heavy atom. The summed E-state index contributed by atoms with van der Waals surface area (Å²) in [5.74, 6) is -2.90. The van der Waals surface area contributed by atoms with E-state index >= 15 is 0 Å². The molecule has 7 heteroatoms. The molecule has 1 aromatic carbocycles. The van der Waals surface area contributed by atoms with Gasteiger partial charge in [-0.05, 0) is 18.2 Å². The van der Waals surface area contributed by atoms with E-state index in [2.05, 4.69) is 10.6 Å². The molecule has 0 saturated heterocycles. The van der Waals surface area contributed by atoms with E-state index in [0.717, 1.165) is 6.08 Å². The molecule has 19 heavy (non-hydrogen) atoms. The number of benzene rings is 1. The van der Waals surface area contributed by atoms with Crippen molar-refractivity contribution in [2.75, 3.05) is 5.32 Å². The molecule has 1 aliphatic heterocycles. The van der Waals surface area contributed by atoms with Gasteiger partial charge in [-0.3, -0.25) is 19.7 Å². The van der Waals surface area contributed by atoms with Crippen molar-refractivity contribution >= 4 is 29.4 Å². The fourth-order valence-corrected chi connectivity index (χ4v) is 1.58. The zero-order valence-corrected chi connectivity index (χ0v) is 9.47. The number of nitrogens with one attached hydrogen (secondary N) is 2. The molecule has 1 aromatic rings. The minimum absolute atomic E-state index is 0.171. The van der Waals surface area contributed by atoms with Crippen LogP contribution in [0.4, 0.5) is 5.69 Å². The first-order valence-electron chi connectivity index (χ1n) is 5.19. The van der Waals surface area contributed by atoms with Crippen molar-refractivity contribution in [1.29, 1.82) is 0 Å². The number of carbonyl (C=O) groups excluding carboxylic acids is 3. The van der Waals surface area contributed by atoms with Gasteiger partial charge >= 0.3 is 5.97 Å². The van der Waals surface area contributed by atoms with Gasteiger partial charge in [0.2, 0.25) is 5.91 Å². The number of carboxylic acids is 1. The van der Waals surface area contributed by atoms with Gasteiger partial charge in [0, 0.05) is 17.8 Å². The van der Waals surface area contributed by atoms with Crippen molar-refractivity contribution in [2.24, 2.45) is 0 Å². The van der Waals surface area contributed by atoms with Crippen LogP contribution in [0.15, 0.2) is 30.4 Å². The normalized spacial score (nSPS) is 13.3. The van der Waals surface area contributed by atoms with Gasteiger partial charge in [-0.25, -0.2) is 4.79 Å². The number of fused-ring (bicyclic) bond motifs is 1. The first-order valence-corrected chi connectivity index (χ1v) is 5.19. The van der Waals surface area contributed by atoms with E-state index in [0.29, 0.717) is 11.8 Å². The third-order valence-corrected chi connectivity index (χ3v) is 2.38. The van der Waals surface area contributed by atoms with Gasteiger partial charge in [0.05, 0.1) is 11.1 Å². The summed E-state index contributed by atoms with van der Waals surface area (Å²) in [6.45, 7) is 0. The molecule has 0 atom stereocenters.